The van der Waals surface area contributed by atoms with Gasteiger partial charge in [-0.25, -0.2) is 0 Å². The first-order valence-electron chi connectivity index (χ1n) is 5.58. The maximum Gasteiger partial charge on any atom is 0.0688 e. The molecule has 0 atom stereocenters. The molecule has 0 bridgehead atoms. The molecule has 0 fully saturated rings. The van der Waals surface area contributed by atoms with Gasteiger partial charge in [0.15, 0.2) is 0 Å². The van der Waals surface area contributed by atoms with Gasteiger partial charge < -0.3 is 15.2 Å². The summed E-state index contributed by atoms with van der Waals surface area (Å²) in [7, 11) is 0. The predicted molar refractivity (Wildman–Crippen MR) is 67.7 cm³/mol. The molecular weight excluding hydrogens is 214 g/mol. The smallest absolute Gasteiger partial charge is 0.0688 e. The first-order valence-corrected chi connectivity index (χ1v) is 5.58. The van der Waals surface area contributed by atoms with Crippen LogP contribution in [0.3, 0.4) is 0 Å². The zero-order chi connectivity index (χ0) is 11.8. The molecule has 0 spiro atoms. The Morgan fingerprint density at radius 2 is 1.24 bits per heavy atom. The lowest BCUT2D eigenvalue weighted by atomic mass is 10.0. The molecule has 0 aliphatic carbocycles. The molecule has 3 aromatic rings. The van der Waals surface area contributed by atoms with Crippen molar-refractivity contribution in [1.82, 2.24) is 4.98 Å². The average Bonchev–Trinajstić information content (AvgIpc) is 2.76. The Morgan fingerprint density at radius 1 is 0.765 bits per heavy atom. The summed E-state index contributed by atoms with van der Waals surface area (Å²) in [5.74, 6) is 0. The highest BCUT2D eigenvalue weighted by molar-refractivity contribution is 6.10. The number of aliphatic hydroxyl groups is 2. The minimum atomic E-state index is 0.00402. The molecule has 3 nitrogen and oxygen atoms in total. The van der Waals surface area contributed by atoms with Crippen LogP contribution in [-0.2, 0) is 13.2 Å². The largest absolute Gasteiger partial charge is 0.392 e. The van der Waals surface area contributed by atoms with Gasteiger partial charge in [0.05, 0.1) is 13.2 Å². The Labute approximate surface area is 98.3 Å². The van der Waals surface area contributed by atoms with Crippen molar-refractivity contribution < 1.29 is 10.2 Å². The van der Waals surface area contributed by atoms with Crippen LogP contribution in [0, 0.1) is 0 Å². The van der Waals surface area contributed by atoms with Crippen LogP contribution >= 0.6 is 0 Å². The summed E-state index contributed by atoms with van der Waals surface area (Å²) >= 11 is 0. The quantitative estimate of drug-likeness (QED) is 0.629. The SMILES string of the molecule is OCc1cccc2[nH]c3cccc(CO)c3c12. The molecule has 17 heavy (non-hydrogen) atoms. The molecule has 86 valence electrons. The van der Waals surface area contributed by atoms with Gasteiger partial charge >= 0.3 is 0 Å². The van der Waals surface area contributed by atoms with E-state index >= 15 is 0 Å². The lowest BCUT2D eigenvalue weighted by Gasteiger charge is -2.02. The lowest BCUT2D eigenvalue weighted by molar-refractivity contribution is 0.282. The number of rotatable bonds is 2. The molecule has 0 saturated carbocycles. The van der Waals surface area contributed by atoms with E-state index in [-0.39, 0.29) is 13.2 Å². The molecule has 3 N–H and O–H groups in total. The van der Waals surface area contributed by atoms with Crippen molar-refractivity contribution in [2.75, 3.05) is 0 Å². The molecule has 3 rings (SSSR count). The molecule has 0 aliphatic heterocycles. The highest BCUT2D eigenvalue weighted by atomic mass is 16.3. The number of aromatic nitrogens is 1. The van der Waals surface area contributed by atoms with E-state index in [0.717, 1.165) is 32.9 Å². The van der Waals surface area contributed by atoms with Crippen LogP contribution in [0.5, 0.6) is 0 Å². The third kappa shape index (κ3) is 1.44. The van der Waals surface area contributed by atoms with Gasteiger partial charge in [-0.15, -0.1) is 0 Å². The monoisotopic (exact) mass is 227 g/mol. The zero-order valence-electron chi connectivity index (χ0n) is 9.27. The molecule has 3 heteroatoms. The molecular formula is C14H13NO2. The fraction of sp³-hybridized carbons (Fsp3) is 0.143. The van der Waals surface area contributed by atoms with E-state index in [1.807, 2.05) is 36.4 Å². The summed E-state index contributed by atoms with van der Waals surface area (Å²) in [5, 5.41) is 20.8. The number of hydrogen-bond donors (Lipinski definition) is 3. The van der Waals surface area contributed by atoms with Gasteiger partial charge in [-0.2, -0.15) is 0 Å². The van der Waals surface area contributed by atoms with Crippen LogP contribution < -0.4 is 0 Å². The highest BCUT2D eigenvalue weighted by Gasteiger charge is 2.10. The van der Waals surface area contributed by atoms with Gasteiger partial charge in [0.1, 0.15) is 0 Å². The van der Waals surface area contributed by atoms with Crippen LogP contribution in [0.4, 0.5) is 0 Å². The average molecular weight is 227 g/mol. The zero-order valence-corrected chi connectivity index (χ0v) is 9.27. The number of benzene rings is 2. The van der Waals surface area contributed by atoms with Gasteiger partial charge in [-0.3, -0.25) is 0 Å². The van der Waals surface area contributed by atoms with E-state index < -0.39 is 0 Å². The lowest BCUT2D eigenvalue weighted by Crippen LogP contribution is -1.87. The number of aliphatic hydroxyl groups excluding tert-OH is 2. The van der Waals surface area contributed by atoms with Crippen molar-refractivity contribution in [3.05, 3.63) is 47.5 Å². The molecule has 0 saturated heterocycles. The van der Waals surface area contributed by atoms with E-state index in [2.05, 4.69) is 4.98 Å². The van der Waals surface area contributed by atoms with Crippen molar-refractivity contribution >= 4 is 21.8 Å². The Hall–Kier alpha value is -1.84. The Kier molecular flexibility index (Phi) is 2.35. The van der Waals surface area contributed by atoms with Crippen molar-refractivity contribution in [2.45, 2.75) is 13.2 Å². The van der Waals surface area contributed by atoms with E-state index in [0.29, 0.717) is 0 Å². The standard InChI is InChI=1S/C14H13NO2/c16-7-9-3-1-5-11-13(9)14-10(8-17)4-2-6-12(14)15-11/h1-6,15-17H,7-8H2. The van der Waals surface area contributed by atoms with Crippen LogP contribution in [0.15, 0.2) is 36.4 Å². The number of fused-ring (bicyclic) bond motifs is 3. The third-order valence-corrected chi connectivity index (χ3v) is 3.16. The van der Waals surface area contributed by atoms with Crippen molar-refractivity contribution in [1.29, 1.82) is 0 Å². The highest BCUT2D eigenvalue weighted by Crippen LogP contribution is 2.31. The number of H-pyrrole nitrogens is 1. The van der Waals surface area contributed by atoms with E-state index in [1.165, 1.54) is 0 Å². The van der Waals surface area contributed by atoms with E-state index in [9.17, 15) is 10.2 Å². The van der Waals surface area contributed by atoms with Crippen molar-refractivity contribution in [3.63, 3.8) is 0 Å². The molecule has 0 amide bonds. The molecule has 1 aromatic heterocycles. The second-order valence-electron chi connectivity index (χ2n) is 4.12. The molecule has 0 unspecified atom stereocenters. The summed E-state index contributed by atoms with van der Waals surface area (Å²) < 4.78 is 0. The molecule has 0 aliphatic rings. The topological polar surface area (TPSA) is 56.2 Å². The molecule has 1 heterocycles. The minimum absolute atomic E-state index is 0.00402. The Morgan fingerprint density at radius 3 is 1.65 bits per heavy atom. The second-order valence-corrected chi connectivity index (χ2v) is 4.12. The summed E-state index contributed by atoms with van der Waals surface area (Å²) in [6, 6.07) is 11.6. The summed E-state index contributed by atoms with van der Waals surface area (Å²) in [5.41, 5.74) is 3.75. The Balaban J connectivity index is 2.55. The van der Waals surface area contributed by atoms with Gasteiger partial charge in [-0.05, 0) is 23.3 Å². The molecule has 0 radical (unpaired) electrons. The molecule has 2 aromatic carbocycles. The summed E-state index contributed by atoms with van der Waals surface area (Å²) in [6.07, 6.45) is 0. The first-order chi connectivity index (χ1) is 8.35. The van der Waals surface area contributed by atoms with Crippen molar-refractivity contribution in [3.8, 4) is 0 Å². The van der Waals surface area contributed by atoms with Crippen LogP contribution in [0.2, 0.25) is 0 Å². The van der Waals surface area contributed by atoms with Gasteiger partial charge in [-0.1, -0.05) is 24.3 Å². The fourth-order valence-electron chi connectivity index (χ4n) is 2.41. The summed E-state index contributed by atoms with van der Waals surface area (Å²) in [6.45, 7) is 0.00805. The van der Waals surface area contributed by atoms with Gasteiger partial charge in [0, 0.05) is 21.8 Å². The minimum Gasteiger partial charge on any atom is -0.392 e. The predicted octanol–water partition coefficient (Wildman–Crippen LogP) is 2.31. The second kappa shape index (κ2) is 3.87. The van der Waals surface area contributed by atoms with Crippen LogP contribution in [0.1, 0.15) is 11.1 Å². The number of nitrogens with one attached hydrogen (secondary N) is 1. The Bertz CT molecular complexity index is 627. The van der Waals surface area contributed by atoms with Gasteiger partial charge in [0.25, 0.3) is 0 Å². The first kappa shape index (κ1) is 10.3. The van der Waals surface area contributed by atoms with Crippen LogP contribution in [-0.4, -0.2) is 15.2 Å². The van der Waals surface area contributed by atoms with Crippen LogP contribution in [0.25, 0.3) is 21.8 Å². The maximum atomic E-state index is 9.40. The number of aromatic amines is 1. The van der Waals surface area contributed by atoms with Gasteiger partial charge in [0.2, 0.25) is 0 Å². The fourth-order valence-corrected chi connectivity index (χ4v) is 2.41. The normalized spacial score (nSPS) is 11.4. The third-order valence-electron chi connectivity index (χ3n) is 3.16. The summed E-state index contributed by atoms with van der Waals surface area (Å²) in [4.78, 5) is 3.31. The number of hydrogen-bond acceptors (Lipinski definition) is 2. The van der Waals surface area contributed by atoms with E-state index in [1.54, 1.807) is 0 Å². The van der Waals surface area contributed by atoms with E-state index in [4.69, 9.17) is 0 Å². The maximum absolute atomic E-state index is 9.40. The van der Waals surface area contributed by atoms with Crippen molar-refractivity contribution in [2.24, 2.45) is 0 Å².